The minimum atomic E-state index is -0.394. The first-order valence-corrected chi connectivity index (χ1v) is 8.80. The molecule has 136 valence electrons. The highest BCUT2D eigenvalue weighted by Crippen LogP contribution is 2.15. The summed E-state index contributed by atoms with van der Waals surface area (Å²) in [5.41, 5.74) is 2.72. The number of nitrogens with zero attached hydrogens (tertiary/aromatic N) is 2. The lowest BCUT2D eigenvalue weighted by Gasteiger charge is -2.08. The van der Waals surface area contributed by atoms with Crippen LogP contribution in [0.15, 0.2) is 0 Å². The predicted molar refractivity (Wildman–Crippen MR) is 93.7 cm³/mol. The predicted octanol–water partition coefficient (Wildman–Crippen LogP) is 2.55. The van der Waals surface area contributed by atoms with E-state index in [4.69, 9.17) is 4.74 Å². The second-order valence-electron chi connectivity index (χ2n) is 6.62. The molecule has 0 saturated carbocycles. The van der Waals surface area contributed by atoms with Gasteiger partial charge in [-0.05, 0) is 26.2 Å². The number of unbranched alkanes of at least 4 members (excludes halogenated alkanes) is 2. The quantitative estimate of drug-likeness (QED) is 0.526. The zero-order valence-corrected chi connectivity index (χ0v) is 15.6. The normalized spacial score (nSPS) is 10.9. The van der Waals surface area contributed by atoms with Gasteiger partial charge in [0.05, 0.1) is 12.1 Å². The van der Waals surface area contributed by atoms with Crippen molar-refractivity contribution in [3.8, 4) is 0 Å². The number of hydrogen-bond donors (Lipinski definition) is 1. The van der Waals surface area contributed by atoms with E-state index in [2.05, 4.69) is 31.2 Å². The van der Waals surface area contributed by atoms with E-state index in [0.29, 0.717) is 12.5 Å². The first-order valence-electron chi connectivity index (χ1n) is 8.80. The van der Waals surface area contributed by atoms with Crippen LogP contribution in [0.5, 0.6) is 0 Å². The second-order valence-corrected chi connectivity index (χ2v) is 6.62. The molecule has 6 heteroatoms. The van der Waals surface area contributed by atoms with Gasteiger partial charge in [-0.25, -0.2) is 0 Å². The van der Waals surface area contributed by atoms with Crippen LogP contribution < -0.4 is 5.32 Å². The Hall–Kier alpha value is -1.85. The Morgan fingerprint density at radius 3 is 2.58 bits per heavy atom. The number of nitrogens with one attached hydrogen (secondary N) is 1. The summed E-state index contributed by atoms with van der Waals surface area (Å²) in [6.07, 6.45) is 3.29. The lowest BCUT2D eigenvalue weighted by molar-refractivity contribution is -0.147. The molecule has 0 bridgehead atoms. The highest BCUT2D eigenvalue weighted by atomic mass is 16.5. The molecule has 0 aliphatic carbocycles. The lowest BCUT2D eigenvalue weighted by Crippen LogP contribution is -2.29. The molecule has 1 amide bonds. The van der Waals surface area contributed by atoms with E-state index in [9.17, 15) is 9.59 Å². The zero-order valence-electron chi connectivity index (χ0n) is 15.6. The Morgan fingerprint density at radius 1 is 1.25 bits per heavy atom. The number of amides is 1. The fraction of sp³-hybridized carbons (Fsp3) is 0.722. The molecule has 1 N–H and O–H groups in total. The first-order chi connectivity index (χ1) is 11.3. The molecule has 1 heterocycles. The van der Waals surface area contributed by atoms with Gasteiger partial charge in [-0.3, -0.25) is 14.3 Å². The SMILES string of the molecule is CCCCCNC(=O)COC(=O)Cc1c(C)nn(CC(C)C)c1C. The van der Waals surface area contributed by atoms with Crippen molar-refractivity contribution in [2.45, 2.75) is 66.8 Å². The molecular formula is C18H31N3O3. The maximum Gasteiger partial charge on any atom is 0.310 e. The van der Waals surface area contributed by atoms with Crippen LogP contribution in [-0.4, -0.2) is 34.8 Å². The minimum absolute atomic E-state index is 0.152. The highest BCUT2D eigenvalue weighted by molar-refractivity contribution is 5.81. The van der Waals surface area contributed by atoms with E-state index >= 15 is 0 Å². The van der Waals surface area contributed by atoms with E-state index < -0.39 is 5.97 Å². The van der Waals surface area contributed by atoms with Crippen LogP contribution in [0.3, 0.4) is 0 Å². The highest BCUT2D eigenvalue weighted by Gasteiger charge is 2.17. The van der Waals surface area contributed by atoms with E-state index in [1.165, 1.54) is 0 Å². The van der Waals surface area contributed by atoms with Crippen LogP contribution in [0.25, 0.3) is 0 Å². The van der Waals surface area contributed by atoms with Gasteiger partial charge in [-0.2, -0.15) is 5.10 Å². The summed E-state index contributed by atoms with van der Waals surface area (Å²) in [6.45, 7) is 11.5. The number of carbonyl (C=O) groups excluding carboxylic acids is 2. The zero-order chi connectivity index (χ0) is 18.1. The topological polar surface area (TPSA) is 73.2 Å². The van der Waals surface area contributed by atoms with Crippen LogP contribution >= 0.6 is 0 Å². The van der Waals surface area contributed by atoms with Gasteiger partial charge < -0.3 is 10.1 Å². The maximum atomic E-state index is 12.0. The van der Waals surface area contributed by atoms with E-state index in [1.807, 2.05) is 18.5 Å². The van der Waals surface area contributed by atoms with Crippen molar-refractivity contribution < 1.29 is 14.3 Å². The Balaban J connectivity index is 2.45. The minimum Gasteiger partial charge on any atom is -0.455 e. The molecule has 0 aliphatic rings. The Labute approximate surface area is 144 Å². The molecule has 0 saturated heterocycles. The molecule has 0 unspecified atom stereocenters. The number of aryl methyl sites for hydroxylation is 1. The standard InChI is InChI=1S/C18H31N3O3/c1-6-7-8-9-19-17(22)12-24-18(23)10-16-14(4)20-21(15(16)5)11-13(2)3/h13H,6-12H2,1-5H3,(H,19,22). The van der Waals surface area contributed by atoms with Crippen molar-refractivity contribution >= 4 is 11.9 Å². The fourth-order valence-corrected chi connectivity index (χ4v) is 2.51. The van der Waals surface area contributed by atoms with Crippen molar-refractivity contribution in [3.05, 3.63) is 17.0 Å². The Bertz CT molecular complexity index is 550. The third-order valence-corrected chi connectivity index (χ3v) is 3.86. The summed E-state index contributed by atoms with van der Waals surface area (Å²) in [7, 11) is 0. The molecule has 0 aliphatic heterocycles. The van der Waals surface area contributed by atoms with Crippen LogP contribution in [0, 0.1) is 19.8 Å². The summed E-state index contributed by atoms with van der Waals surface area (Å²) in [5.74, 6) is -0.156. The van der Waals surface area contributed by atoms with Crippen LogP contribution in [0.4, 0.5) is 0 Å². The van der Waals surface area contributed by atoms with Gasteiger partial charge >= 0.3 is 5.97 Å². The average Bonchev–Trinajstić information content (AvgIpc) is 2.76. The van der Waals surface area contributed by atoms with Gasteiger partial charge in [-0.15, -0.1) is 0 Å². The van der Waals surface area contributed by atoms with Crippen molar-refractivity contribution in [2.75, 3.05) is 13.2 Å². The molecule has 0 aromatic carbocycles. The summed E-state index contributed by atoms with van der Waals surface area (Å²) < 4.78 is 7.01. The Morgan fingerprint density at radius 2 is 1.96 bits per heavy atom. The number of carbonyl (C=O) groups is 2. The molecule has 1 rings (SSSR count). The van der Waals surface area contributed by atoms with Gasteiger partial charge in [0.1, 0.15) is 0 Å². The molecule has 1 aromatic rings. The molecule has 0 spiro atoms. The number of hydrogen-bond acceptors (Lipinski definition) is 4. The molecule has 0 atom stereocenters. The molecule has 1 aromatic heterocycles. The smallest absolute Gasteiger partial charge is 0.310 e. The third kappa shape index (κ3) is 6.72. The Kier molecular flexibility index (Phi) is 8.50. The molecule has 24 heavy (non-hydrogen) atoms. The third-order valence-electron chi connectivity index (χ3n) is 3.86. The largest absolute Gasteiger partial charge is 0.455 e. The monoisotopic (exact) mass is 337 g/mol. The molecule has 6 nitrogen and oxygen atoms in total. The van der Waals surface area contributed by atoms with E-state index in [1.54, 1.807) is 0 Å². The summed E-state index contributed by atoms with van der Waals surface area (Å²) in [4.78, 5) is 23.6. The van der Waals surface area contributed by atoms with Gasteiger partial charge in [0.25, 0.3) is 5.91 Å². The van der Waals surface area contributed by atoms with Crippen LogP contribution in [0.2, 0.25) is 0 Å². The van der Waals surface area contributed by atoms with Gasteiger partial charge in [0.15, 0.2) is 6.61 Å². The summed E-state index contributed by atoms with van der Waals surface area (Å²) >= 11 is 0. The van der Waals surface area contributed by atoms with Crippen molar-refractivity contribution in [1.29, 1.82) is 0 Å². The number of esters is 1. The lowest BCUT2D eigenvalue weighted by atomic mass is 10.1. The van der Waals surface area contributed by atoms with Crippen molar-refractivity contribution in [1.82, 2.24) is 15.1 Å². The fourth-order valence-electron chi connectivity index (χ4n) is 2.51. The number of ether oxygens (including phenoxy) is 1. The summed E-state index contributed by atoms with van der Waals surface area (Å²) in [5, 5.41) is 7.24. The van der Waals surface area contributed by atoms with Crippen LogP contribution in [0.1, 0.15) is 57.0 Å². The van der Waals surface area contributed by atoms with Crippen molar-refractivity contribution in [2.24, 2.45) is 5.92 Å². The van der Waals surface area contributed by atoms with Gasteiger partial charge in [-0.1, -0.05) is 33.6 Å². The summed E-state index contributed by atoms with van der Waals surface area (Å²) in [6, 6.07) is 0. The second kappa shape index (κ2) is 10.1. The van der Waals surface area contributed by atoms with E-state index in [0.717, 1.165) is 42.8 Å². The average molecular weight is 337 g/mol. The number of aromatic nitrogens is 2. The molecule has 0 fully saturated rings. The molecular weight excluding hydrogens is 306 g/mol. The van der Waals surface area contributed by atoms with Crippen molar-refractivity contribution in [3.63, 3.8) is 0 Å². The number of rotatable bonds is 10. The van der Waals surface area contributed by atoms with Gasteiger partial charge in [0, 0.05) is 24.3 Å². The molecule has 0 radical (unpaired) electrons. The van der Waals surface area contributed by atoms with E-state index in [-0.39, 0.29) is 18.9 Å². The van der Waals surface area contributed by atoms with Gasteiger partial charge in [0.2, 0.25) is 0 Å². The maximum absolute atomic E-state index is 12.0. The first kappa shape index (κ1) is 20.2. The van der Waals surface area contributed by atoms with Crippen LogP contribution in [-0.2, 0) is 27.3 Å².